The maximum Gasteiger partial charge on any atom is 0.240 e. The van der Waals surface area contributed by atoms with Crippen molar-refractivity contribution in [3.8, 4) is 0 Å². The first kappa shape index (κ1) is 16.8. The lowest BCUT2D eigenvalue weighted by molar-refractivity contribution is -0.117. The Balaban J connectivity index is 1.28. The van der Waals surface area contributed by atoms with Gasteiger partial charge in [-0.05, 0) is 24.6 Å². The molecule has 2 aromatic rings. The van der Waals surface area contributed by atoms with Crippen molar-refractivity contribution < 1.29 is 13.9 Å². The Labute approximate surface area is 149 Å². The van der Waals surface area contributed by atoms with Crippen LogP contribution in [0.4, 0.5) is 9.52 Å². The third kappa shape index (κ3) is 3.98. The SMILES string of the molecule is O=C(CN1CCN(C2CCOC2)CC1)Nc1nc2ccc(F)cc2s1. The summed E-state index contributed by atoms with van der Waals surface area (Å²) in [6.45, 7) is 5.77. The van der Waals surface area contributed by atoms with Gasteiger partial charge in [-0.1, -0.05) is 11.3 Å². The second-order valence-electron chi connectivity index (χ2n) is 6.51. The molecule has 8 heteroatoms. The topological polar surface area (TPSA) is 57.7 Å². The zero-order valence-electron chi connectivity index (χ0n) is 13.9. The minimum atomic E-state index is -0.292. The number of nitrogens with zero attached hydrogens (tertiary/aromatic N) is 3. The number of rotatable bonds is 4. The summed E-state index contributed by atoms with van der Waals surface area (Å²) in [6, 6.07) is 4.99. The fraction of sp³-hybridized carbons (Fsp3) is 0.529. The van der Waals surface area contributed by atoms with Gasteiger partial charge in [-0.2, -0.15) is 0 Å². The molecule has 1 atom stereocenters. The molecule has 0 radical (unpaired) electrons. The van der Waals surface area contributed by atoms with Crippen LogP contribution in [0.1, 0.15) is 6.42 Å². The Kier molecular flexibility index (Phi) is 4.93. The van der Waals surface area contributed by atoms with Crippen LogP contribution in [0.3, 0.4) is 0 Å². The third-order valence-electron chi connectivity index (χ3n) is 4.79. The lowest BCUT2D eigenvalue weighted by atomic mass is 10.2. The normalized spacial score (nSPS) is 22.5. The number of benzene rings is 1. The van der Waals surface area contributed by atoms with Crippen LogP contribution in [0, 0.1) is 5.82 Å². The number of anilines is 1. The van der Waals surface area contributed by atoms with Crippen molar-refractivity contribution >= 4 is 32.6 Å². The Hall–Kier alpha value is -1.61. The summed E-state index contributed by atoms with van der Waals surface area (Å²) in [5.74, 6) is -0.364. The number of nitrogens with one attached hydrogen (secondary N) is 1. The minimum absolute atomic E-state index is 0.0721. The van der Waals surface area contributed by atoms with Crippen molar-refractivity contribution in [3.05, 3.63) is 24.0 Å². The van der Waals surface area contributed by atoms with Crippen LogP contribution in [-0.2, 0) is 9.53 Å². The van der Waals surface area contributed by atoms with Gasteiger partial charge in [0, 0.05) is 38.8 Å². The van der Waals surface area contributed by atoms with E-state index in [0.717, 1.165) is 50.5 Å². The molecule has 0 spiro atoms. The first-order valence-corrected chi connectivity index (χ1v) is 9.39. The van der Waals surface area contributed by atoms with E-state index in [9.17, 15) is 9.18 Å². The number of carbonyl (C=O) groups excluding carboxylic acids is 1. The van der Waals surface area contributed by atoms with Gasteiger partial charge in [-0.3, -0.25) is 14.6 Å². The maximum atomic E-state index is 13.2. The van der Waals surface area contributed by atoms with Crippen LogP contribution in [-0.4, -0.2) is 72.7 Å². The fourth-order valence-corrected chi connectivity index (χ4v) is 4.32. The van der Waals surface area contributed by atoms with Crippen LogP contribution in [0.5, 0.6) is 0 Å². The highest BCUT2D eigenvalue weighted by Gasteiger charge is 2.27. The van der Waals surface area contributed by atoms with Gasteiger partial charge in [0.05, 0.1) is 23.4 Å². The Morgan fingerprint density at radius 2 is 2.20 bits per heavy atom. The third-order valence-corrected chi connectivity index (χ3v) is 5.73. The number of halogens is 1. The molecule has 1 N–H and O–H groups in total. The highest BCUT2D eigenvalue weighted by Crippen LogP contribution is 2.26. The predicted molar refractivity (Wildman–Crippen MR) is 95.4 cm³/mol. The van der Waals surface area contributed by atoms with Crippen molar-refractivity contribution in [3.63, 3.8) is 0 Å². The van der Waals surface area contributed by atoms with Crippen molar-refractivity contribution in [2.45, 2.75) is 12.5 Å². The number of hydrogen-bond acceptors (Lipinski definition) is 6. The molecule has 1 unspecified atom stereocenters. The summed E-state index contributed by atoms with van der Waals surface area (Å²) in [4.78, 5) is 21.2. The maximum absolute atomic E-state index is 13.2. The molecule has 1 aromatic heterocycles. The molecule has 0 bridgehead atoms. The molecule has 2 saturated heterocycles. The van der Waals surface area contributed by atoms with Gasteiger partial charge >= 0.3 is 0 Å². The molecule has 25 heavy (non-hydrogen) atoms. The van der Waals surface area contributed by atoms with E-state index in [1.165, 1.54) is 23.5 Å². The molecule has 1 aromatic carbocycles. The molecule has 6 nitrogen and oxygen atoms in total. The van der Waals surface area contributed by atoms with Gasteiger partial charge in [0.15, 0.2) is 5.13 Å². The van der Waals surface area contributed by atoms with Gasteiger partial charge in [-0.15, -0.1) is 0 Å². The van der Waals surface area contributed by atoms with E-state index in [1.807, 2.05) is 0 Å². The van der Waals surface area contributed by atoms with E-state index in [0.29, 0.717) is 23.2 Å². The van der Waals surface area contributed by atoms with E-state index in [1.54, 1.807) is 6.07 Å². The lowest BCUT2D eigenvalue weighted by Crippen LogP contribution is -2.52. The van der Waals surface area contributed by atoms with Gasteiger partial charge in [0.1, 0.15) is 5.82 Å². The van der Waals surface area contributed by atoms with E-state index in [-0.39, 0.29) is 11.7 Å². The smallest absolute Gasteiger partial charge is 0.240 e. The highest BCUT2D eigenvalue weighted by molar-refractivity contribution is 7.22. The molecule has 1 amide bonds. The number of fused-ring (bicyclic) bond motifs is 1. The largest absolute Gasteiger partial charge is 0.380 e. The van der Waals surface area contributed by atoms with Crippen molar-refractivity contribution in [2.24, 2.45) is 0 Å². The molecular weight excluding hydrogens is 343 g/mol. The van der Waals surface area contributed by atoms with E-state index in [4.69, 9.17) is 4.74 Å². The number of hydrogen-bond donors (Lipinski definition) is 1. The Morgan fingerprint density at radius 1 is 1.36 bits per heavy atom. The van der Waals surface area contributed by atoms with Gasteiger partial charge in [-0.25, -0.2) is 9.37 Å². The minimum Gasteiger partial charge on any atom is -0.380 e. The quantitative estimate of drug-likeness (QED) is 0.896. The molecule has 3 heterocycles. The molecule has 134 valence electrons. The van der Waals surface area contributed by atoms with Crippen LogP contribution in [0.2, 0.25) is 0 Å². The number of aromatic nitrogens is 1. The standard InChI is InChI=1S/C17H21FN4O2S/c18-12-1-2-14-15(9-12)25-17(19-14)20-16(23)10-21-4-6-22(7-5-21)13-3-8-24-11-13/h1-2,9,13H,3-8,10-11H2,(H,19,20,23). The second-order valence-corrected chi connectivity index (χ2v) is 7.54. The van der Waals surface area contributed by atoms with Crippen molar-refractivity contribution in [2.75, 3.05) is 51.3 Å². The number of piperazine rings is 1. The second kappa shape index (κ2) is 7.33. The Bertz CT molecular complexity index is 754. The van der Waals surface area contributed by atoms with E-state index < -0.39 is 0 Å². The summed E-state index contributed by atoms with van der Waals surface area (Å²) in [5.41, 5.74) is 0.703. The average molecular weight is 364 g/mol. The van der Waals surface area contributed by atoms with Gasteiger partial charge < -0.3 is 10.1 Å². The fourth-order valence-electron chi connectivity index (χ4n) is 3.41. The summed E-state index contributed by atoms with van der Waals surface area (Å²) in [7, 11) is 0. The summed E-state index contributed by atoms with van der Waals surface area (Å²) in [6.07, 6.45) is 1.11. The first-order chi connectivity index (χ1) is 12.2. The summed E-state index contributed by atoms with van der Waals surface area (Å²) >= 11 is 1.30. The van der Waals surface area contributed by atoms with Crippen LogP contribution >= 0.6 is 11.3 Å². The molecular formula is C17H21FN4O2S. The number of ether oxygens (including phenoxy) is 1. The van der Waals surface area contributed by atoms with Crippen LogP contribution in [0.25, 0.3) is 10.2 Å². The molecule has 4 rings (SSSR count). The predicted octanol–water partition coefficient (Wildman–Crippen LogP) is 1.78. The first-order valence-electron chi connectivity index (χ1n) is 8.57. The molecule has 0 aliphatic carbocycles. The monoisotopic (exact) mass is 364 g/mol. The Morgan fingerprint density at radius 3 is 2.96 bits per heavy atom. The van der Waals surface area contributed by atoms with E-state index in [2.05, 4.69) is 20.1 Å². The summed E-state index contributed by atoms with van der Waals surface area (Å²) in [5, 5.41) is 3.36. The molecule has 2 aliphatic rings. The number of carbonyl (C=O) groups is 1. The molecule has 0 saturated carbocycles. The van der Waals surface area contributed by atoms with Gasteiger partial charge in [0.2, 0.25) is 5.91 Å². The summed E-state index contributed by atoms with van der Waals surface area (Å²) < 4.78 is 19.4. The van der Waals surface area contributed by atoms with Crippen LogP contribution < -0.4 is 5.32 Å². The number of amides is 1. The van der Waals surface area contributed by atoms with Crippen molar-refractivity contribution in [1.29, 1.82) is 0 Å². The van der Waals surface area contributed by atoms with E-state index >= 15 is 0 Å². The van der Waals surface area contributed by atoms with Crippen molar-refractivity contribution in [1.82, 2.24) is 14.8 Å². The molecule has 2 fully saturated rings. The highest BCUT2D eigenvalue weighted by atomic mass is 32.1. The zero-order valence-corrected chi connectivity index (χ0v) is 14.7. The molecule has 2 aliphatic heterocycles. The van der Waals surface area contributed by atoms with Crippen LogP contribution in [0.15, 0.2) is 18.2 Å². The zero-order chi connectivity index (χ0) is 17.2. The average Bonchev–Trinajstić information content (AvgIpc) is 3.24. The lowest BCUT2D eigenvalue weighted by Gasteiger charge is -2.37. The number of thiazole rings is 1. The van der Waals surface area contributed by atoms with Gasteiger partial charge in [0.25, 0.3) is 0 Å².